The molecule has 25 heteroatoms. The molecular formula is C114H125ClO22S2. The standard InChI is InChI=1S/C57H62O11S.C29H31ClO6.C28H32O5S/c1-41(58)60-40-49-51(62-35-44-25-13-5-14-26-44)52(63-36-45-27-15-6-16-28-45)54(65-38-47-31-19-8-20-32-47)56(66-49)68-55-53(64-37-46-29-17-7-18-30-46)50(61-34-43-23-11-4-12-24-43)48(67-57(55)69-2)39-59-33-42-21-9-3-10-22-42;1-21(31)32-20-25-26(33-17-22-11-5-2-6-12-22)27(34-18-23-13-7-3-8-14-23)28(29(30)36-25)35-19-24-15-9-4-10-16-24;1-34-28-25(29)27(32-19-23-15-9-4-10-16-23)26(31-18-22-13-7-3-8-14-22)24(33-28)20-30-17-21-11-5-2-6-12-21/h3-32,48-57H,33-40H2,1-2H3;2-16,25-29H,17-20H2,1H3;2-16,24-29H,17-20H2,1H3/t48?,49?,50-,51-,52-,53-,54?,55?,56-,57-;25?,26-,27-,28?,29+;24?,25?,26-,27+,28-/m111/s1. The predicted octanol–water partition coefficient (Wildman–Crippen LogP) is 20.0. The van der Waals surface area contributed by atoms with Gasteiger partial charge in [-0.3, -0.25) is 9.59 Å². The molecule has 4 aliphatic heterocycles. The van der Waals surface area contributed by atoms with E-state index >= 15 is 0 Å². The van der Waals surface area contributed by atoms with Crippen LogP contribution in [0.4, 0.5) is 0 Å². The molecule has 139 heavy (non-hydrogen) atoms. The van der Waals surface area contributed by atoms with Gasteiger partial charge in [-0.1, -0.05) is 376 Å². The zero-order valence-corrected chi connectivity index (χ0v) is 81.1. The number of thioether (sulfide) groups is 2. The van der Waals surface area contributed by atoms with Crippen molar-refractivity contribution in [3.63, 3.8) is 0 Å². The van der Waals surface area contributed by atoms with E-state index in [0.29, 0.717) is 52.9 Å². The van der Waals surface area contributed by atoms with Crippen molar-refractivity contribution in [3.05, 3.63) is 431 Å². The minimum atomic E-state index is -1.11. The molecule has 4 heterocycles. The molecule has 0 aliphatic carbocycles. The molecule has 16 rings (SSSR count). The average Bonchev–Trinajstić information content (AvgIpc) is 0.766. The molecule has 0 aromatic heterocycles. The summed E-state index contributed by atoms with van der Waals surface area (Å²) in [4.78, 5) is 24.1. The fourth-order valence-corrected chi connectivity index (χ4v) is 18.3. The normalized spacial score (nSPS) is 24.4. The molecular weight excluding hydrogens is 1820 g/mol. The van der Waals surface area contributed by atoms with Crippen LogP contribution in [0, 0.1) is 0 Å². The van der Waals surface area contributed by atoms with Gasteiger partial charge in [0.2, 0.25) is 0 Å². The van der Waals surface area contributed by atoms with Gasteiger partial charge in [-0.2, -0.15) is 0 Å². The highest BCUT2D eigenvalue weighted by Crippen LogP contribution is 2.41. The maximum Gasteiger partial charge on any atom is 0.302 e. The number of carbonyl (C=O) groups excluding carboxylic acids is 2. The summed E-state index contributed by atoms with van der Waals surface area (Å²) in [5.74, 6) is -0.866. The number of carbonyl (C=O) groups is 2. The van der Waals surface area contributed by atoms with Crippen LogP contribution in [0.1, 0.15) is 80.6 Å². The third kappa shape index (κ3) is 33.5. The maximum absolute atomic E-state index is 12.5. The van der Waals surface area contributed by atoms with E-state index in [1.54, 1.807) is 0 Å². The molecule has 22 nitrogen and oxygen atoms in total. The van der Waals surface area contributed by atoms with Gasteiger partial charge in [0.05, 0.1) is 92.5 Å². The lowest BCUT2D eigenvalue weighted by Gasteiger charge is -2.50. The first-order valence-electron chi connectivity index (χ1n) is 47.1. The molecule has 0 radical (unpaired) electrons. The molecule has 0 spiro atoms. The summed E-state index contributed by atoms with van der Waals surface area (Å²) in [6.07, 6.45) is -7.89. The molecule has 732 valence electrons. The van der Waals surface area contributed by atoms with E-state index in [9.17, 15) is 14.7 Å². The fourth-order valence-electron chi connectivity index (χ4n) is 16.6. The van der Waals surface area contributed by atoms with E-state index in [1.807, 2.05) is 376 Å². The zero-order chi connectivity index (χ0) is 96.2. The number of ether oxygens (including phenoxy) is 19. The van der Waals surface area contributed by atoms with Crippen LogP contribution in [0.25, 0.3) is 0 Å². The number of hydrogen-bond donors (Lipinski definition) is 1. The number of hydrogen-bond acceptors (Lipinski definition) is 24. The number of rotatable bonds is 46. The van der Waals surface area contributed by atoms with Crippen molar-refractivity contribution in [1.29, 1.82) is 0 Å². The lowest BCUT2D eigenvalue weighted by molar-refractivity contribution is -0.356. The molecule has 4 fully saturated rings. The van der Waals surface area contributed by atoms with Gasteiger partial charge in [0, 0.05) is 13.8 Å². The van der Waals surface area contributed by atoms with Crippen LogP contribution in [-0.4, -0.2) is 176 Å². The number of alkyl halides is 1. The fraction of sp³-hybridized carbons (Fsp3) is 0.351. The smallest absolute Gasteiger partial charge is 0.302 e. The van der Waals surface area contributed by atoms with Gasteiger partial charge in [0.15, 0.2) is 11.9 Å². The SMILES string of the molecule is CC(=O)OCC1O[C@H](Cl)C(OCc2ccccc2)[C@H](OCc2ccccc2)[C@@H]1OCc1ccccc1.CS[C@H]1OC(COCc2ccccc2)[C@@H](OCc2ccccc2)[C@@H](OCc2ccccc2)C1O.CS[C@H]1OC(COCc2ccccc2)[C@@H](OCc2ccccc2)[C@@H](OCc2ccccc2)C1O[C@H]1OC(COC(C)=O)[C@@H](OCc2ccccc2)[C@@H](OCc2ccccc2)C1OCc1ccccc1. The zero-order valence-electron chi connectivity index (χ0n) is 78.7. The van der Waals surface area contributed by atoms with Gasteiger partial charge in [0.25, 0.3) is 0 Å². The number of esters is 2. The van der Waals surface area contributed by atoms with Crippen LogP contribution in [-0.2, 0) is 179 Å². The van der Waals surface area contributed by atoms with E-state index in [-0.39, 0.29) is 59.0 Å². The van der Waals surface area contributed by atoms with Gasteiger partial charge >= 0.3 is 11.9 Å². The van der Waals surface area contributed by atoms with Crippen molar-refractivity contribution in [2.75, 3.05) is 38.9 Å². The van der Waals surface area contributed by atoms with Gasteiger partial charge in [-0.05, 0) is 79.3 Å². The summed E-state index contributed by atoms with van der Waals surface area (Å²) in [5.41, 5.74) is 10.2. The summed E-state index contributed by atoms with van der Waals surface area (Å²) in [7, 11) is 0. The van der Waals surface area contributed by atoms with Crippen LogP contribution in [0.2, 0.25) is 0 Å². The summed E-state index contributed by atoms with van der Waals surface area (Å²) in [6, 6.07) is 119. The second-order valence-electron chi connectivity index (χ2n) is 33.9. The largest absolute Gasteiger partial charge is 0.463 e. The molecule has 4 saturated heterocycles. The highest BCUT2D eigenvalue weighted by molar-refractivity contribution is 7.99. The first kappa shape index (κ1) is 105. The van der Waals surface area contributed by atoms with Crippen LogP contribution in [0.3, 0.4) is 0 Å². The summed E-state index contributed by atoms with van der Waals surface area (Å²) < 4.78 is 124. The molecule has 20 atom stereocenters. The van der Waals surface area contributed by atoms with Gasteiger partial charge < -0.3 is 95.1 Å². The minimum absolute atomic E-state index is 0.00535. The first-order chi connectivity index (χ1) is 68.3. The average molecular weight is 1950 g/mol. The van der Waals surface area contributed by atoms with Gasteiger partial charge in [-0.15, -0.1) is 23.5 Å². The second kappa shape index (κ2) is 57.7. The Morgan fingerprint density at radius 1 is 0.252 bits per heavy atom. The maximum atomic E-state index is 12.5. The van der Waals surface area contributed by atoms with E-state index < -0.39 is 126 Å². The molecule has 4 aliphatic rings. The number of benzene rings is 12. The van der Waals surface area contributed by atoms with Crippen LogP contribution >= 0.6 is 35.1 Å². The number of halogens is 1. The Bertz CT molecular complexity index is 5360. The Kier molecular flexibility index (Phi) is 43.4. The molecule has 0 bridgehead atoms. The predicted molar refractivity (Wildman–Crippen MR) is 534 cm³/mol. The Morgan fingerprint density at radius 2 is 0.460 bits per heavy atom. The minimum Gasteiger partial charge on any atom is -0.463 e. The Morgan fingerprint density at radius 3 is 0.734 bits per heavy atom. The molecule has 0 saturated carbocycles. The van der Waals surface area contributed by atoms with E-state index in [4.69, 9.17) is 102 Å². The van der Waals surface area contributed by atoms with Crippen LogP contribution in [0.5, 0.6) is 0 Å². The molecule has 0 amide bonds. The van der Waals surface area contributed by atoms with E-state index in [2.05, 4.69) is 0 Å². The summed E-state index contributed by atoms with van der Waals surface area (Å²) >= 11 is 9.66. The van der Waals surface area contributed by atoms with Crippen LogP contribution < -0.4 is 0 Å². The lowest BCUT2D eigenvalue weighted by atomic mass is 9.96. The topological polar surface area (TPSA) is 230 Å². The summed E-state index contributed by atoms with van der Waals surface area (Å²) in [5, 5.41) is 11.1. The van der Waals surface area contributed by atoms with Crippen molar-refractivity contribution in [1.82, 2.24) is 0 Å². The first-order valence-corrected chi connectivity index (χ1v) is 50.1. The van der Waals surface area contributed by atoms with Gasteiger partial charge in [0.1, 0.15) is 122 Å². The van der Waals surface area contributed by atoms with Crippen molar-refractivity contribution < 1.29 is 105 Å². The van der Waals surface area contributed by atoms with E-state index in [1.165, 1.54) is 37.4 Å². The molecule has 12 aromatic rings. The monoisotopic (exact) mass is 1940 g/mol. The lowest BCUT2D eigenvalue weighted by Crippen LogP contribution is -2.65. The molecule has 12 aromatic carbocycles. The van der Waals surface area contributed by atoms with Crippen molar-refractivity contribution in [2.24, 2.45) is 0 Å². The highest BCUT2D eigenvalue weighted by Gasteiger charge is 2.56. The number of aliphatic hydroxyl groups excluding tert-OH is 1. The third-order valence-electron chi connectivity index (χ3n) is 23.7. The highest BCUT2D eigenvalue weighted by atomic mass is 35.5. The van der Waals surface area contributed by atoms with Gasteiger partial charge in [-0.25, -0.2) is 0 Å². The second-order valence-corrected chi connectivity index (χ2v) is 36.2. The quantitative estimate of drug-likeness (QED) is 0.0276. The Labute approximate surface area is 829 Å². The van der Waals surface area contributed by atoms with Crippen molar-refractivity contribution in [2.45, 2.75) is 214 Å². The van der Waals surface area contributed by atoms with Crippen molar-refractivity contribution >= 4 is 47.1 Å². The summed E-state index contributed by atoms with van der Waals surface area (Å²) in [6.45, 7) is 7.05. The Hall–Kier alpha value is -10.2. The molecule has 8 unspecified atom stereocenters. The van der Waals surface area contributed by atoms with Crippen molar-refractivity contribution in [3.8, 4) is 0 Å². The number of aliphatic hydroxyl groups is 1. The van der Waals surface area contributed by atoms with Crippen LogP contribution in [0.15, 0.2) is 364 Å². The van der Waals surface area contributed by atoms with E-state index in [0.717, 1.165) is 66.8 Å². The Balaban J connectivity index is 0.000000184. The third-order valence-corrected chi connectivity index (χ3v) is 25.7. The molecule has 1 N–H and O–H groups in total.